The van der Waals surface area contributed by atoms with Crippen LogP contribution in [0.2, 0.25) is 0 Å². The first-order valence-electron chi connectivity index (χ1n) is 11.8. The standard InChI is InChI=1S/C27H39NO3/c1-4-5-6-7-8-9-10-11-12-16-19-31-27-25(29-2)20-23(21-26(27)30-3)22-28-24-17-14-13-15-18-24/h13-15,17-18,20-22H,4-12,16,19H2,1-3H3. The lowest BCUT2D eigenvalue weighted by Gasteiger charge is -2.15. The van der Waals surface area contributed by atoms with E-state index in [1.54, 1.807) is 14.2 Å². The minimum absolute atomic E-state index is 0.665. The summed E-state index contributed by atoms with van der Waals surface area (Å²) in [6.07, 6.45) is 14.9. The van der Waals surface area contributed by atoms with Crippen LogP contribution in [0.4, 0.5) is 5.69 Å². The largest absolute Gasteiger partial charge is 0.493 e. The second-order valence-corrected chi connectivity index (χ2v) is 7.88. The van der Waals surface area contributed by atoms with Crippen molar-refractivity contribution in [3.63, 3.8) is 0 Å². The second kappa shape index (κ2) is 15.3. The van der Waals surface area contributed by atoms with Crippen molar-refractivity contribution in [2.24, 2.45) is 4.99 Å². The van der Waals surface area contributed by atoms with E-state index in [0.29, 0.717) is 23.9 Å². The fraction of sp³-hybridized carbons (Fsp3) is 0.519. The average Bonchev–Trinajstić information content (AvgIpc) is 2.81. The maximum Gasteiger partial charge on any atom is 0.203 e. The molecule has 0 atom stereocenters. The van der Waals surface area contributed by atoms with Crippen LogP contribution in [0.5, 0.6) is 17.2 Å². The number of para-hydroxylation sites is 1. The van der Waals surface area contributed by atoms with Gasteiger partial charge in [0, 0.05) is 11.8 Å². The van der Waals surface area contributed by atoms with E-state index in [9.17, 15) is 0 Å². The summed E-state index contributed by atoms with van der Waals surface area (Å²) in [7, 11) is 3.31. The fourth-order valence-electron chi connectivity index (χ4n) is 3.54. The molecule has 170 valence electrons. The van der Waals surface area contributed by atoms with Gasteiger partial charge in [0.25, 0.3) is 0 Å². The third kappa shape index (κ3) is 9.46. The Morgan fingerprint density at radius 2 is 1.29 bits per heavy atom. The van der Waals surface area contributed by atoms with Crippen LogP contribution in [0.1, 0.15) is 76.7 Å². The maximum atomic E-state index is 6.05. The monoisotopic (exact) mass is 425 g/mol. The van der Waals surface area contributed by atoms with Gasteiger partial charge in [-0.05, 0) is 30.7 Å². The smallest absolute Gasteiger partial charge is 0.203 e. The Kier molecular flexibility index (Phi) is 12.3. The van der Waals surface area contributed by atoms with E-state index in [4.69, 9.17) is 14.2 Å². The van der Waals surface area contributed by atoms with Crippen molar-refractivity contribution in [1.82, 2.24) is 0 Å². The molecule has 2 aromatic rings. The van der Waals surface area contributed by atoms with Crippen LogP contribution in [0.3, 0.4) is 0 Å². The molecule has 0 heterocycles. The number of hydrogen-bond acceptors (Lipinski definition) is 4. The summed E-state index contributed by atoms with van der Waals surface area (Å²) < 4.78 is 17.2. The lowest BCUT2D eigenvalue weighted by molar-refractivity contribution is 0.267. The van der Waals surface area contributed by atoms with E-state index in [0.717, 1.165) is 17.7 Å². The highest BCUT2D eigenvalue weighted by Gasteiger charge is 2.13. The van der Waals surface area contributed by atoms with Gasteiger partial charge in [-0.3, -0.25) is 4.99 Å². The fourth-order valence-corrected chi connectivity index (χ4v) is 3.54. The number of aliphatic imine (C=N–C) groups is 1. The first kappa shape index (κ1) is 24.8. The molecule has 0 saturated carbocycles. The van der Waals surface area contributed by atoms with Crippen molar-refractivity contribution in [3.05, 3.63) is 48.0 Å². The number of benzene rings is 2. The quantitative estimate of drug-likeness (QED) is 0.204. The average molecular weight is 426 g/mol. The Morgan fingerprint density at radius 1 is 0.742 bits per heavy atom. The van der Waals surface area contributed by atoms with Gasteiger partial charge in [0.05, 0.1) is 26.5 Å². The van der Waals surface area contributed by atoms with Crippen molar-refractivity contribution in [2.75, 3.05) is 20.8 Å². The summed E-state index contributed by atoms with van der Waals surface area (Å²) in [4.78, 5) is 4.51. The topological polar surface area (TPSA) is 40.0 Å². The zero-order chi connectivity index (χ0) is 22.2. The number of nitrogens with zero attached hydrogens (tertiary/aromatic N) is 1. The number of hydrogen-bond donors (Lipinski definition) is 0. The number of ether oxygens (including phenoxy) is 3. The first-order valence-corrected chi connectivity index (χ1v) is 11.8. The molecule has 0 unspecified atom stereocenters. The second-order valence-electron chi connectivity index (χ2n) is 7.88. The van der Waals surface area contributed by atoms with Crippen LogP contribution in [-0.4, -0.2) is 27.0 Å². The van der Waals surface area contributed by atoms with Gasteiger partial charge in [0.1, 0.15) is 0 Å². The van der Waals surface area contributed by atoms with Gasteiger partial charge in [-0.1, -0.05) is 82.9 Å². The Balaban J connectivity index is 1.79. The molecule has 0 bridgehead atoms. The van der Waals surface area contributed by atoms with Crippen molar-refractivity contribution in [2.45, 2.75) is 71.1 Å². The molecule has 0 saturated heterocycles. The minimum Gasteiger partial charge on any atom is -0.493 e. The third-order valence-corrected chi connectivity index (χ3v) is 5.35. The number of rotatable bonds is 16. The van der Waals surface area contributed by atoms with Crippen LogP contribution >= 0.6 is 0 Å². The molecule has 0 amide bonds. The van der Waals surface area contributed by atoms with E-state index in [2.05, 4.69) is 11.9 Å². The molecule has 0 aliphatic carbocycles. The molecule has 2 aromatic carbocycles. The summed E-state index contributed by atoms with van der Waals surface area (Å²) in [6, 6.07) is 13.7. The van der Waals surface area contributed by atoms with Crippen LogP contribution < -0.4 is 14.2 Å². The zero-order valence-electron chi connectivity index (χ0n) is 19.6. The summed E-state index contributed by atoms with van der Waals surface area (Å²) in [5.74, 6) is 2.00. The Hall–Kier alpha value is -2.49. The minimum atomic E-state index is 0.665. The number of methoxy groups -OCH3 is 2. The lowest BCUT2D eigenvalue weighted by Crippen LogP contribution is -2.02. The summed E-state index contributed by atoms with van der Waals surface area (Å²) in [5, 5.41) is 0. The molecule has 0 fully saturated rings. The van der Waals surface area contributed by atoms with Crippen molar-refractivity contribution < 1.29 is 14.2 Å². The van der Waals surface area contributed by atoms with Crippen molar-refractivity contribution in [3.8, 4) is 17.2 Å². The van der Waals surface area contributed by atoms with E-state index in [1.807, 2.05) is 48.7 Å². The van der Waals surface area contributed by atoms with Gasteiger partial charge in [0.15, 0.2) is 11.5 Å². The van der Waals surface area contributed by atoms with Crippen LogP contribution in [-0.2, 0) is 0 Å². The predicted octanol–water partition coefficient (Wildman–Crippen LogP) is 7.75. The molecular formula is C27H39NO3. The molecule has 31 heavy (non-hydrogen) atoms. The summed E-state index contributed by atoms with van der Waals surface area (Å²) in [5.41, 5.74) is 1.81. The summed E-state index contributed by atoms with van der Waals surface area (Å²) in [6.45, 7) is 2.93. The van der Waals surface area contributed by atoms with Gasteiger partial charge < -0.3 is 14.2 Å². The lowest BCUT2D eigenvalue weighted by atomic mass is 10.1. The van der Waals surface area contributed by atoms with Crippen LogP contribution in [0.15, 0.2) is 47.5 Å². The molecular weight excluding hydrogens is 386 g/mol. The molecule has 4 nitrogen and oxygen atoms in total. The molecule has 4 heteroatoms. The Morgan fingerprint density at radius 3 is 1.84 bits per heavy atom. The summed E-state index contributed by atoms with van der Waals surface area (Å²) >= 11 is 0. The van der Waals surface area contributed by atoms with Crippen molar-refractivity contribution >= 4 is 11.9 Å². The van der Waals surface area contributed by atoms with Gasteiger partial charge >= 0.3 is 0 Å². The van der Waals surface area contributed by atoms with Crippen LogP contribution in [0.25, 0.3) is 0 Å². The molecule has 0 aromatic heterocycles. The first-order chi connectivity index (χ1) is 15.3. The zero-order valence-corrected chi connectivity index (χ0v) is 19.6. The normalized spacial score (nSPS) is 11.1. The van der Waals surface area contributed by atoms with E-state index in [-0.39, 0.29) is 0 Å². The highest BCUT2D eigenvalue weighted by Crippen LogP contribution is 2.38. The maximum absolute atomic E-state index is 6.05. The van der Waals surface area contributed by atoms with Gasteiger partial charge in [-0.25, -0.2) is 0 Å². The van der Waals surface area contributed by atoms with Gasteiger partial charge in [-0.15, -0.1) is 0 Å². The van der Waals surface area contributed by atoms with E-state index >= 15 is 0 Å². The Labute approximate surface area is 188 Å². The number of unbranched alkanes of at least 4 members (excludes halogenated alkanes) is 9. The van der Waals surface area contributed by atoms with Gasteiger partial charge in [0.2, 0.25) is 5.75 Å². The third-order valence-electron chi connectivity index (χ3n) is 5.35. The SMILES string of the molecule is CCCCCCCCCCCCOc1c(OC)cc(C=Nc2ccccc2)cc1OC. The van der Waals surface area contributed by atoms with Gasteiger partial charge in [-0.2, -0.15) is 0 Å². The van der Waals surface area contributed by atoms with Crippen molar-refractivity contribution in [1.29, 1.82) is 0 Å². The molecule has 2 rings (SSSR count). The molecule has 0 N–H and O–H groups in total. The molecule has 0 radical (unpaired) electrons. The van der Waals surface area contributed by atoms with E-state index in [1.165, 1.54) is 57.8 Å². The molecule has 0 spiro atoms. The predicted molar refractivity (Wildman–Crippen MR) is 131 cm³/mol. The molecule has 0 aliphatic heterocycles. The molecule has 0 aliphatic rings. The van der Waals surface area contributed by atoms with E-state index < -0.39 is 0 Å². The highest BCUT2D eigenvalue weighted by molar-refractivity contribution is 5.84. The highest BCUT2D eigenvalue weighted by atomic mass is 16.5. The Bertz CT molecular complexity index is 733. The van der Waals surface area contributed by atoms with Crippen LogP contribution in [0, 0.1) is 0 Å².